The van der Waals surface area contributed by atoms with Crippen molar-refractivity contribution >= 4 is 5.91 Å². The average Bonchev–Trinajstić information content (AvgIpc) is 3.25. The Labute approximate surface area is 114 Å². The minimum Gasteiger partial charge on any atom is -0.353 e. The summed E-state index contributed by atoms with van der Waals surface area (Å²) in [5, 5.41) is 6.45. The molecule has 1 aliphatic carbocycles. The molecule has 1 saturated carbocycles. The van der Waals surface area contributed by atoms with Crippen molar-refractivity contribution in [2.75, 3.05) is 13.1 Å². The molecule has 1 amide bonds. The first-order valence-electron chi connectivity index (χ1n) is 7.40. The topological polar surface area (TPSA) is 41.1 Å². The summed E-state index contributed by atoms with van der Waals surface area (Å²) in [6, 6.07) is 8.94. The Bertz CT molecular complexity index is 431. The van der Waals surface area contributed by atoms with Gasteiger partial charge < -0.3 is 10.6 Å². The molecule has 3 heteroatoms. The number of piperidine rings is 1. The van der Waals surface area contributed by atoms with Crippen LogP contribution in [0.1, 0.15) is 42.7 Å². The van der Waals surface area contributed by atoms with E-state index in [1.807, 2.05) is 0 Å². The summed E-state index contributed by atoms with van der Waals surface area (Å²) in [4.78, 5) is 12.0. The molecule has 2 aliphatic rings. The fraction of sp³-hybridized carbons (Fsp3) is 0.562. The molecule has 0 unspecified atom stereocenters. The quantitative estimate of drug-likeness (QED) is 0.867. The van der Waals surface area contributed by atoms with Crippen molar-refractivity contribution in [2.45, 2.75) is 44.1 Å². The molecule has 2 N–H and O–H groups in total. The first kappa shape index (κ1) is 12.7. The molecule has 0 aromatic heterocycles. The molecular weight excluding hydrogens is 236 g/mol. The number of rotatable bonds is 4. The van der Waals surface area contributed by atoms with Crippen LogP contribution in [0.2, 0.25) is 0 Å². The Hall–Kier alpha value is -1.35. The van der Waals surface area contributed by atoms with Gasteiger partial charge in [0.25, 0.3) is 0 Å². The van der Waals surface area contributed by atoms with E-state index in [0.717, 1.165) is 37.4 Å². The molecule has 19 heavy (non-hydrogen) atoms. The fourth-order valence-corrected chi connectivity index (χ4v) is 2.75. The van der Waals surface area contributed by atoms with Gasteiger partial charge in [-0.2, -0.15) is 0 Å². The van der Waals surface area contributed by atoms with Crippen LogP contribution in [-0.4, -0.2) is 25.0 Å². The lowest BCUT2D eigenvalue weighted by Gasteiger charge is -2.23. The van der Waals surface area contributed by atoms with Gasteiger partial charge in [-0.3, -0.25) is 4.79 Å². The summed E-state index contributed by atoms with van der Waals surface area (Å²) in [5.74, 6) is 0.948. The molecule has 0 bridgehead atoms. The molecule has 2 fully saturated rings. The summed E-state index contributed by atoms with van der Waals surface area (Å²) in [5.41, 5.74) is 2.55. The molecule has 1 aromatic rings. The van der Waals surface area contributed by atoms with Gasteiger partial charge in [-0.15, -0.1) is 0 Å². The van der Waals surface area contributed by atoms with Crippen LogP contribution in [0.25, 0.3) is 0 Å². The van der Waals surface area contributed by atoms with Gasteiger partial charge in [0, 0.05) is 6.04 Å². The van der Waals surface area contributed by atoms with E-state index in [1.165, 1.54) is 18.4 Å². The minimum atomic E-state index is 0.158. The van der Waals surface area contributed by atoms with Gasteiger partial charge in [-0.1, -0.05) is 24.3 Å². The maximum atomic E-state index is 12.0. The van der Waals surface area contributed by atoms with E-state index < -0.39 is 0 Å². The van der Waals surface area contributed by atoms with Crippen molar-refractivity contribution in [3.63, 3.8) is 0 Å². The van der Waals surface area contributed by atoms with Crippen LogP contribution < -0.4 is 10.6 Å². The van der Waals surface area contributed by atoms with Crippen LogP contribution in [0.15, 0.2) is 24.3 Å². The fourth-order valence-electron chi connectivity index (χ4n) is 2.75. The zero-order valence-electron chi connectivity index (χ0n) is 11.3. The normalized spacial score (nSPS) is 20.2. The van der Waals surface area contributed by atoms with Crippen molar-refractivity contribution in [1.82, 2.24) is 10.6 Å². The highest BCUT2D eigenvalue weighted by Crippen LogP contribution is 2.39. The van der Waals surface area contributed by atoms with Crippen LogP contribution in [-0.2, 0) is 11.2 Å². The highest BCUT2D eigenvalue weighted by molar-refractivity contribution is 5.78. The second kappa shape index (κ2) is 5.74. The predicted molar refractivity (Wildman–Crippen MR) is 76.2 cm³/mol. The van der Waals surface area contributed by atoms with E-state index in [2.05, 4.69) is 34.9 Å². The van der Waals surface area contributed by atoms with E-state index in [4.69, 9.17) is 0 Å². The molecule has 3 nitrogen and oxygen atoms in total. The number of carbonyl (C=O) groups excluding carboxylic acids is 1. The Morgan fingerprint density at radius 3 is 2.42 bits per heavy atom. The van der Waals surface area contributed by atoms with Crippen LogP contribution in [0.3, 0.4) is 0 Å². The number of nitrogens with one attached hydrogen (secondary N) is 2. The third kappa shape index (κ3) is 3.57. The SMILES string of the molecule is O=C(Cc1ccc(C2CC2)cc1)NC1CCNCC1. The molecule has 1 aliphatic heterocycles. The summed E-state index contributed by atoms with van der Waals surface area (Å²) in [6.07, 6.45) is 5.26. The molecular formula is C16H22N2O. The van der Waals surface area contributed by atoms with Crippen LogP contribution >= 0.6 is 0 Å². The van der Waals surface area contributed by atoms with E-state index >= 15 is 0 Å². The van der Waals surface area contributed by atoms with Gasteiger partial charge >= 0.3 is 0 Å². The second-order valence-corrected chi connectivity index (χ2v) is 5.78. The monoisotopic (exact) mass is 258 g/mol. The van der Waals surface area contributed by atoms with E-state index in [1.54, 1.807) is 0 Å². The number of benzene rings is 1. The maximum absolute atomic E-state index is 12.0. The van der Waals surface area contributed by atoms with Crippen molar-refractivity contribution in [2.24, 2.45) is 0 Å². The van der Waals surface area contributed by atoms with Crippen molar-refractivity contribution in [3.8, 4) is 0 Å². The van der Waals surface area contributed by atoms with Gasteiger partial charge in [-0.25, -0.2) is 0 Å². The van der Waals surface area contributed by atoms with Gasteiger partial charge in [0.1, 0.15) is 0 Å². The Balaban J connectivity index is 1.50. The third-order valence-electron chi connectivity index (χ3n) is 4.10. The summed E-state index contributed by atoms with van der Waals surface area (Å²) in [7, 11) is 0. The summed E-state index contributed by atoms with van der Waals surface area (Å²) < 4.78 is 0. The smallest absolute Gasteiger partial charge is 0.224 e. The van der Waals surface area contributed by atoms with E-state index in [0.29, 0.717) is 12.5 Å². The van der Waals surface area contributed by atoms with Gasteiger partial charge in [0.2, 0.25) is 5.91 Å². The molecule has 1 aromatic carbocycles. The van der Waals surface area contributed by atoms with Crippen LogP contribution in [0.4, 0.5) is 0 Å². The average molecular weight is 258 g/mol. The van der Waals surface area contributed by atoms with Gasteiger partial charge in [0.05, 0.1) is 6.42 Å². The highest BCUT2D eigenvalue weighted by Gasteiger charge is 2.23. The molecule has 1 heterocycles. The maximum Gasteiger partial charge on any atom is 0.224 e. The molecule has 0 atom stereocenters. The standard InChI is InChI=1S/C16H22N2O/c19-16(18-15-7-9-17-10-8-15)11-12-1-3-13(4-2-12)14-5-6-14/h1-4,14-15,17H,5-11H2,(H,18,19). The zero-order chi connectivity index (χ0) is 13.1. The van der Waals surface area contributed by atoms with E-state index in [-0.39, 0.29) is 5.91 Å². The van der Waals surface area contributed by atoms with Crippen molar-refractivity contribution < 1.29 is 4.79 Å². The zero-order valence-corrected chi connectivity index (χ0v) is 11.3. The number of amides is 1. The first-order valence-corrected chi connectivity index (χ1v) is 7.40. The highest BCUT2D eigenvalue weighted by atomic mass is 16.1. The predicted octanol–water partition coefficient (Wildman–Crippen LogP) is 1.97. The molecule has 1 saturated heterocycles. The molecule has 102 valence electrons. The number of carbonyl (C=O) groups is 1. The molecule has 0 spiro atoms. The Kier molecular flexibility index (Phi) is 3.83. The van der Waals surface area contributed by atoms with Crippen LogP contribution in [0, 0.1) is 0 Å². The summed E-state index contributed by atoms with van der Waals surface area (Å²) in [6.45, 7) is 2.03. The Morgan fingerprint density at radius 1 is 1.11 bits per heavy atom. The first-order chi connectivity index (χ1) is 9.31. The van der Waals surface area contributed by atoms with Crippen LogP contribution in [0.5, 0.6) is 0 Å². The molecule has 3 rings (SSSR count). The van der Waals surface area contributed by atoms with Crippen molar-refractivity contribution in [1.29, 1.82) is 0 Å². The van der Waals surface area contributed by atoms with E-state index in [9.17, 15) is 4.79 Å². The lowest BCUT2D eigenvalue weighted by molar-refractivity contribution is -0.121. The number of hydrogen-bond acceptors (Lipinski definition) is 2. The molecule has 0 radical (unpaired) electrons. The largest absolute Gasteiger partial charge is 0.353 e. The second-order valence-electron chi connectivity index (χ2n) is 5.78. The van der Waals surface area contributed by atoms with Gasteiger partial charge in [-0.05, 0) is 55.8 Å². The number of hydrogen-bond donors (Lipinski definition) is 2. The minimum absolute atomic E-state index is 0.158. The van der Waals surface area contributed by atoms with Gasteiger partial charge in [0.15, 0.2) is 0 Å². The Morgan fingerprint density at radius 2 is 1.79 bits per heavy atom. The lowest BCUT2D eigenvalue weighted by Crippen LogP contribution is -2.43. The third-order valence-corrected chi connectivity index (χ3v) is 4.10. The lowest BCUT2D eigenvalue weighted by atomic mass is 10.0. The van der Waals surface area contributed by atoms with Crippen molar-refractivity contribution in [3.05, 3.63) is 35.4 Å². The summed E-state index contributed by atoms with van der Waals surface area (Å²) >= 11 is 0.